The molecule has 0 saturated carbocycles. The Morgan fingerprint density at radius 3 is 1.79 bits per heavy atom. The minimum Gasteiger partial charge on any atom is -0.366 e. The lowest BCUT2D eigenvalue weighted by atomic mass is 10.1. The van der Waals surface area contributed by atoms with Crippen LogP contribution in [0, 0.1) is 0 Å². The lowest BCUT2D eigenvalue weighted by Crippen LogP contribution is -2.28. The first kappa shape index (κ1) is 18.2. The van der Waals surface area contributed by atoms with Crippen molar-refractivity contribution in [3.05, 3.63) is 96.6 Å². The van der Waals surface area contributed by atoms with Crippen molar-refractivity contribution in [1.29, 1.82) is 0 Å². The van der Waals surface area contributed by atoms with Crippen molar-refractivity contribution in [2.24, 2.45) is 0 Å². The molecule has 2 aromatic carbocycles. The first-order chi connectivity index (χ1) is 11.8. The molecule has 0 aliphatic rings. The smallest absolute Gasteiger partial charge is 0.106 e. The Labute approximate surface area is 145 Å². The van der Waals surface area contributed by atoms with E-state index in [-0.39, 0.29) is 12.2 Å². The van der Waals surface area contributed by atoms with Gasteiger partial charge in [-0.05, 0) is 17.5 Å². The van der Waals surface area contributed by atoms with Gasteiger partial charge in [0.25, 0.3) is 0 Å². The van der Waals surface area contributed by atoms with Crippen LogP contribution in [0.15, 0.2) is 85.5 Å². The molecule has 0 bridgehead atoms. The highest BCUT2D eigenvalue weighted by Crippen LogP contribution is 2.14. The molecule has 0 saturated heterocycles. The lowest BCUT2D eigenvalue weighted by Gasteiger charge is -2.23. The monoisotopic (exact) mass is 322 g/mol. The molecule has 2 aromatic rings. The largest absolute Gasteiger partial charge is 0.366 e. The summed E-state index contributed by atoms with van der Waals surface area (Å²) in [6.07, 6.45) is 6.63. The Morgan fingerprint density at radius 2 is 1.33 bits per heavy atom. The van der Waals surface area contributed by atoms with Gasteiger partial charge in [-0.2, -0.15) is 0 Å². The van der Waals surface area contributed by atoms with Crippen LogP contribution in [0.3, 0.4) is 0 Å². The van der Waals surface area contributed by atoms with Gasteiger partial charge in [0.1, 0.15) is 12.2 Å². The first-order valence-corrected chi connectivity index (χ1v) is 8.43. The third-order valence-electron chi connectivity index (χ3n) is 3.69. The zero-order valence-electron chi connectivity index (χ0n) is 14.3. The summed E-state index contributed by atoms with van der Waals surface area (Å²) in [4.78, 5) is 0. The predicted octanol–water partition coefficient (Wildman–Crippen LogP) is 5.31. The molecule has 0 aromatic heterocycles. The van der Waals surface area contributed by atoms with Gasteiger partial charge < -0.3 is 9.47 Å². The maximum Gasteiger partial charge on any atom is 0.106 e. The summed E-state index contributed by atoms with van der Waals surface area (Å²) in [5.74, 6) is 0. The highest BCUT2D eigenvalue weighted by atomic mass is 16.5. The van der Waals surface area contributed by atoms with Crippen LogP contribution in [-0.4, -0.2) is 12.2 Å². The predicted molar refractivity (Wildman–Crippen MR) is 99.7 cm³/mol. The summed E-state index contributed by atoms with van der Waals surface area (Å²) < 4.78 is 12.1. The molecule has 0 unspecified atom stereocenters. The Bertz CT molecular complexity index is 604. The second-order valence-corrected chi connectivity index (χ2v) is 5.59. The molecule has 2 heteroatoms. The zero-order valence-corrected chi connectivity index (χ0v) is 14.3. The molecule has 2 rings (SSSR count). The van der Waals surface area contributed by atoms with E-state index in [0.29, 0.717) is 13.2 Å². The Hall–Kier alpha value is -2.16. The number of hydrogen-bond donors (Lipinski definition) is 0. The number of allylic oxidation sites excluding steroid dienone is 1. The van der Waals surface area contributed by atoms with E-state index < -0.39 is 0 Å². The van der Waals surface area contributed by atoms with Crippen molar-refractivity contribution in [3.8, 4) is 0 Å². The highest BCUT2D eigenvalue weighted by molar-refractivity contribution is 5.15. The number of hydrogen-bond acceptors (Lipinski definition) is 2. The summed E-state index contributed by atoms with van der Waals surface area (Å²) in [7, 11) is 0. The average molecular weight is 322 g/mol. The maximum absolute atomic E-state index is 6.09. The van der Waals surface area contributed by atoms with E-state index in [2.05, 4.69) is 49.9 Å². The van der Waals surface area contributed by atoms with E-state index in [4.69, 9.17) is 9.47 Å². The van der Waals surface area contributed by atoms with Crippen LogP contribution in [0.2, 0.25) is 0 Å². The van der Waals surface area contributed by atoms with Crippen molar-refractivity contribution < 1.29 is 9.47 Å². The molecule has 0 aliphatic heterocycles. The van der Waals surface area contributed by atoms with E-state index in [0.717, 1.165) is 17.5 Å². The summed E-state index contributed by atoms with van der Waals surface area (Å²) in [5, 5.41) is 0. The molecular formula is C22H26O2. The van der Waals surface area contributed by atoms with Gasteiger partial charge in [-0.3, -0.25) is 0 Å². The summed E-state index contributed by atoms with van der Waals surface area (Å²) >= 11 is 0. The molecule has 0 N–H and O–H groups in total. The van der Waals surface area contributed by atoms with Gasteiger partial charge in [-0.25, -0.2) is 0 Å². The third-order valence-corrected chi connectivity index (χ3v) is 3.69. The van der Waals surface area contributed by atoms with Crippen LogP contribution >= 0.6 is 0 Å². The molecule has 0 amide bonds. The van der Waals surface area contributed by atoms with E-state index >= 15 is 0 Å². The second-order valence-electron chi connectivity index (χ2n) is 5.59. The molecule has 0 aliphatic carbocycles. The van der Waals surface area contributed by atoms with Crippen LogP contribution in [0.1, 0.15) is 24.5 Å². The molecule has 2 atom stereocenters. The van der Waals surface area contributed by atoms with Crippen molar-refractivity contribution in [2.75, 3.05) is 0 Å². The Kier molecular flexibility index (Phi) is 8.02. The summed E-state index contributed by atoms with van der Waals surface area (Å²) in [5.41, 5.74) is 2.30. The SMILES string of the molecule is C=C[C@H](OCc1ccccc1)[C@@H](/C=C\CC)OCc1ccccc1. The van der Waals surface area contributed by atoms with Gasteiger partial charge in [0.05, 0.1) is 13.2 Å². The third kappa shape index (κ3) is 6.15. The van der Waals surface area contributed by atoms with E-state index in [1.807, 2.05) is 42.5 Å². The first-order valence-electron chi connectivity index (χ1n) is 8.43. The van der Waals surface area contributed by atoms with Crippen LogP contribution in [-0.2, 0) is 22.7 Å². The molecule has 2 nitrogen and oxygen atoms in total. The van der Waals surface area contributed by atoms with Crippen LogP contribution in [0.5, 0.6) is 0 Å². The minimum absolute atomic E-state index is 0.147. The van der Waals surface area contributed by atoms with Crippen molar-refractivity contribution in [3.63, 3.8) is 0 Å². The van der Waals surface area contributed by atoms with Crippen molar-refractivity contribution >= 4 is 0 Å². The Morgan fingerprint density at radius 1 is 0.833 bits per heavy atom. The molecule has 0 heterocycles. The summed E-state index contributed by atoms with van der Waals surface area (Å²) in [6.45, 7) is 7.13. The lowest BCUT2D eigenvalue weighted by molar-refractivity contribution is -0.0420. The molecular weight excluding hydrogens is 296 g/mol. The standard InChI is InChI=1S/C22H26O2/c1-3-5-16-22(24-18-20-14-10-7-11-15-20)21(4-2)23-17-19-12-8-6-9-13-19/h4-16,21-22H,2-3,17-18H2,1H3/b16-5-/t21-,22+/m0/s1. The van der Waals surface area contributed by atoms with E-state index in [1.54, 1.807) is 0 Å². The van der Waals surface area contributed by atoms with Crippen molar-refractivity contribution in [1.82, 2.24) is 0 Å². The Balaban J connectivity index is 1.97. The molecule has 126 valence electrons. The number of rotatable bonds is 10. The normalized spacial score (nSPS) is 13.7. The molecule has 0 spiro atoms. The van der Waals surface area contributed by atoms with Crippen LogP contribution in [0.25, 0.3) is 0 Å². The molecule has 24 heavy (non-hydrogen) atoms. The van der Waals surface area contributed by atoms with E-state index in [1.165, 1.54) is 0 Å². The van der Waals surface area contributed by atoms with Gasteiger partial charge in [0, 0.05) is 0 Å². The molecule has 0 fully saturated rings. The number of benzene rings is 2. The average Bonchev–Trinajstić information content (AvgIpc) is 2.65. The quantitative estimate of drug-likeness (QED) is 0.552. The molecule has 0 radical (unpaired) electrons. The fourth-order valence-electron chi connectivity index (χ4n) is 2.36. The van der Waals surface area contributed by atoms with Crippen molar-refractivity contribution in [2.45, 2.75) is 38.8 Å². The minimum atomic E-state index is -0.184. The van der Waals surface area contributed by atoms with Crippen LogP contribution in [0.4, 0.5) is 0 Å². The highest BCUT2D eigenvalue weighted by Gasteiger charge is 2.17. The van der Waals surface area contributed by atoms with Gasteiger partial charge in [0.15, 0.2) is 0 Å². The van der Waals surface area contributed by atoms with Gasteiger partial charge in [-0.1, -0.05) is 85.8 Å². The van der Waals surface area contributed by atoms with Gasteiger partial charge in [0.2, 0.25) is 0 Å². The van der Waals surface area contributed by atoms with Gasteiger partial charge in [-0.15, -0.1) is 6.58 Å². The second kappa shape index (κ2) is 10.6. The topological polar surface area (TPSA) is 18.5 Å². The maximum atomic E-state index is 6.09. The fraction of sp³-hybridized carbons (Fsp3) is 0.273. The van der Waals surface area contributed by atoms with Crippen LogP contribution < -0.4 is 0 Å². The zero-order chi connectivity index (χ0) is 17.0. The summed E-state index contributed by atoms with van der Waals surface area (Å²) in [6, 6.07) is 20.3. The number of ether oxygens (including phenoxy) is 2. The van der Waals surface area contributed by atoms with E-state index in [9.17, 15) is 0 Å². The van der Waals surface area contributed by atoms with Gasteiger partial charge >= 0.3 is 0 Å². The fourth-order valence-corrected chi connectivity index (χ4v) is 2.36.